The highest BCUT2D eigenvalue weighted by Crippen LogP contribution is 2.38. The SMILES string of the molecule is CC(C)C(O)c1scc(Br)c1Br. The highest BCUT2D eigenvalue weighted by atomic mass is 79.9. The van der Waals surface area contributed by atoms with Gasteiger partial charge in [-0.15, -0.1) is 11.3 Å². The Morgan fingerprint density at radius 3 is 2.33 bits per heavy atom. The maximum absolute atomic E-state index is 9.75. The van der Waals surface area contributed by atoms with Gasteiger partial charge in [0.15, 0.2) is 0 Å². The van der Waals surface area contributed by atoms with Gasteiger partial charge < -0.3 is 5.11 Å². The van der Waals surface area contributed by atoms with Crippen LogP contribution in [0.4, 0.5) is 0 Å². The fourth-order valence-electron chi connectivity index (χ4n) is 0.839. The Kier molecular flexibility index (Phi) is 3.76. The molecule has 12 heavy (non-hydrogen) atoms. The third kappa shape index (κ3) is 2.10. The molecule has 1 aromatic heterocycles. The first-order chi connectivity index (χ1) is 5.54. The average Bonchev–Trinajstić information content (AvgIpc) is 2.32. The number of halogens is 2. The van der Waals surface area contributed by atoms with Gasteiger partial charge in [0.25, 0.3) is 0 Å². The summed E-state index contributed by atoms with van der Waals surface area (Å²) >= 11 is 8.38. The van der Waals surface area contributed by atoms with Crippen molar-refractivity contribution in [2.45, 2.75) is 20.0 Å². The molecule has 1 nitrogen and oxygen atoms in total. The van der Waals surface area contributed by atoms with Crippen molar-refractivity contribution in [2.75, 3.05) is 0 Å². The van der Waals surface area contributed by atoms with E-state index in [9.17, 15) is 5.11 Å². The van der Waals surface area contributed by atoms with Gasteiger partial charge in [0.2, 0.25) is 0 Å². The van der Waals surface area contributed by atoms with Gasteiger partial charge in [-0.1, -0.05) is 13.8 Å². The predicted molar refractivity (Wildman–Crippen MR) is 59.5 cm³/mol. The van der Waals surface area contributed by atoms with Crippen LogP contribution in [0.25, 0.3) is 0 Å². The zero-order valence-corrected chi connectivity index (χ0v) is 10.8. The summed E-state index contributed by atoms with van der Waals surface area (Å²) in [5.41, 5.74) is 0. The van der Waals surface area contributed by atoms with Crippen LogP contribution in [-0.2, 0) is 0 Å². The minimum Gasteiger partial charge on any atom is -0.387 e. The lowest BCUT2D eigenvalue weighted by atomic mass is 10.1. The average molecular weight is 314 g/mol. The first-order valence-electron chi connectivity index (χ1n) is 3.64. The zero-order valence-electron chi connectivity index (χ0n) is 6.84. The van der Waals surface area contributed by atoms with Gasteiger partial charge in [0.05, 0.1) is 6.10 Å². The summed E-state index contributed by atoms with van der Waals surface area (Å²) in [5, 5.41) is 11.7. The Morgan fingerprint density at radius 2 is 2.00 bits per heavy atom. The number of aliphatic hydroxyl groups excluding tert-OH is 1. The first kappa shape index (κ1) is 10.7. The number of aliphatic hydroxyl groups is 1. The number of rotatable bonds is 2. The van der Waals surface area contributed by atoms with Crippen LogP contribution in [0.5, 0.6) is 0 Å². The molecule has 1 unspecified atom stereocenters. The molecule has 1 N–H and O–H groups in total. The maximum Gasteiger partial charge on any atom is 0.0916 e. The molecule has 0 spiro atoms. The van der Waals surface area contributed by atoms with Crippen molar-refractivity contribution < 1.29 is 5.11 Å². The molecule has 0 saturated carbocycles. The van der Waals surface area contributed by atoms with Crippen molar-refractivity contribution in [3.63, 3.8) is 0 Å². The molecule has 0 fully saturated rings. The Hall–Kier alpha value is 0.620. The molecular formula is C8H10Br2OS. The molecule has 4 heteroatoms. The summed E-state index contributed by atoms with van der Waals surface area (Å²) in [6.45, 7) is 4.01. The van der Waals surface area contributed by atoms with Gasteiger partial charge in [0, 0.05) is 19.2 Å². The monoisotopic (exact) mass is 312 g/mol. The van der Waals surface area contributed by atoms with Crippen molar-refractivity contribution in [1.29, 1.82) is 0 Å². The molecular weight excluding hydrogens is 304 g/mol. The fraction of sp³-hybridized carbons (Fsp3) is 0.500. The van der Waals surface area contributed by atoms with Gasteiger partial charge in [-0.05, 0) is 37.8 Å². The van der Waals surface area contributed by atoms with Crippen molar-refractivity contribution in [3.05, 3.63) is 19.2 Å². The van der Waals surface area contributed by atoms with E-state index in [0.29, 0.717) is 0 Å². The lowest BCUT2D eigenvalue weighted by Gasteiger charge is -2.12. The zero-order chi connectivity index (χ0) is 9.30. The molecule has 0 saturated heterocycles. The molecule has 0 bridgehead atoms. The predicted octanol–water partition coefficient (Wildman–Crippen LogP) is 3.96. The molecule has 0 amide bonds. The van der Waals surface area contributed by atoms with Gasteiger partial charge in [-0.2, -0.15) is 0 Å². The standard InChI is InChI=1S/C8H10Br2OS/c1-4(2)7(11)8-6(10)5(9)3-12-8/h3-4,7,11H,1-2H3. The van der Waals surface area contributed by atoms with Crippen LogP contribution in [0, 0.1) is 5.92 Å². The third-order valence-electron chi connectivity index (χ3n) is 1.62. The molecule has 68 valence electrons. The van der Waals surface area contributed by atoms with Crippen LogP contribution < -0.4 is 0 Å². The second-order valence-electron chi connectivity index (χ2n) is 2.95. The second-order valence-corrected chi connectivity index (χ2v) is 5.51. The molecule has 1 atom stereocenters. The lowest BCUT2D eigenvalue weighted by molar-refractivity contribution is 0.130. The van der Waals surface area contributed by atoms with Crippen LogP contribution in [0.1, 0.15) is 24.8 Å². The molecule has 1 heterocycles. The number of hydrogen-bond donors (Lipinski definition) is 1. The van der Waals surface area contributed by atoms with Crippen molar-refractivity contribution in [2.24, 2.45) is 5.92 Å². The van der Waals surface area contributed by atoms with Crippen LogP contribution >= 0.6 is 43.2 Å². The van der Waals surface area contributed by atoms with E-state index in [0.717, 1.165) is 13.8 Å². The summed E-state index contributed by atoms with van der Waals surface area (Å²) in [6.07, 6.45) is -0.365. The van der Waals surface area contributed by atoms with Crippen LogP contribution in [-0.4, -0.2) is 5.11 Å². The van der Waals surface area contributed by atoms with Crippen LogP contribution in [0.2, 0.25) is 0 Å². The molecule has 0 aromatic carbocycles. The van der Waals surface area contributed by atoms with Gasteiger partial charge in [0.1, 0.15) is 0 Å². The Bertz CT molecular complexity index is 270. The summed E-state index contributed by atoms with van der Waals surface area (Å²) in [5.74, 6) is 0.256. The quantitative estimate of drug-likeness (QED) is 0.876. The lowest BCUT2D eigenvalue weighted by Crippen LogP contribution is -2.03. The topological polar surface area (TPSA) is 20.2 Å². The van der Waals surface area contributed by atoms with E-state index in [4.69, 9.17) is 0 Å². The maximum atomic E-state index is 9.75. The normalized spacial score (nSPS) is 13.8. The largest absolute Gasteiger partial charge is 0.387 e. The van der Waals surface area contributed by atoms with E-state index in [-0.39, 0.29) is 12.0 Å². The highest BCUT2D eigenvalue weighted by Gasteiger charge is 2.18. The first-order valence-corrected chi connectivity index (χ1v) is 6.11. The number of thiophene rings is 1. The summed E-state index contributed by atoms with van der Waals surface area (Å²) in [7, 11) is 0. The summed E-state index contributed by atoms with van der Waals surface area (Å²) in [6, 6.07) is 0. The van der Waals surface area contributed by atoms with Crippen molar-refractivity contribution in [1.82, 2.24) is 0 Å². The van der Waals surface area contributed by atoms with E-state index >= 15 is 0 Å². The molecule has 1 rings (SSSR count). The molecule has 0 radical (unpaired) electrons. The van der Waals surface area contributed by atoms with E-state index in [2.05, 4.69) is 31.9 Å². The van der Waals surface area contributed by atoms with Crippen molar-refractivity contribution in [3.8, 4) is 0 Å². The van der Waals surface area contributed by atoms with E-state index in [1.54, 1.807) is 11.3 Å². The second kappa shape index (κ2) is 4.22. The Labute approximate surface area is 93.1 Å². The molecule has 0 aliphatic rings. The van der Waals surface area contributed by atoms with E-state index in [1.807, 2.05) is 19.2 Å². The molecule has 0 aliphatic carbocycles. The van der Waals surface area contributed by atoms with E-state index < -0.39 is 0 Å². The minimum absolute atomic E-state index is 0.256. The Balaban J connectivity index is 2.95. The Morgan fingerprint density at radius 1 is 1.42 bits per heavy atom. The molecule has 1 aromatic rings. The molecule has 0 aliphatic heterocycles. The van der Waals surface area contributed by atoms with Crippen LogP contribution in [0.15, 0.2) is 14.3 Å². The van der Waals surface area contributed by atoms with Gasteiger partial charge >= 0.3 is 0 Å². The highest BCUT2D eigenvalue weighted by molar-refractivity contribution is 9.13. The third-order valence-corrected chi connectivity index (χ3v) is 5.25. The van der Waals surface area contributed by atoms with Crippen molar-refractivity contribution >= 4 is 43.2 Å². The van der Waals surface area contributed by atoms with Gasteiger partial charge in [-0.3, -0.25) is 0 Å². The summed E-state index contributed by atoms with van der Waals surface area (Å²) < 4.78 is 2.00. The van der Waals surface area contributed by atoms with E-state index in [1.165, 1.54) is 0 Å². The fourth-order valence-corrected chi connectivity index (χ4v) is 3.22. The smallest absolute Gasteiger partial charge is 0.0916 e. The number of hydrogen-bond acceptors (Lipinski definition) is 2. The van der Waals surface area contributed by atoms with Crippen LogP contribution in [0.3, 0.4) is 0 Å². The minimum atomic E-state index is -0.365. The summed E-state index contributed by atoms with van der Waals surface area (Å²) in [4.78, 5) is 0.997. The van der Waals surface area contributed by atoms with Gasteiger partial charge in [-0.25, -0.2) is 0 Å².